The van der Waals surface area contributed by atoms with E-state index in [2.05, 4.69) is 12.2 Å². The van der Waals surface area contributed by atoms with Crippen LogP contribution in [0.1, 0.15) is 58.4 Å². The second-order valence-electron chi connectivity index (χ2n) is 7.07. The minimum atomic E-state index is -0.507. The fraction of sp³-hybridized carbons (Fsp3) is 0.600. The number of nitrogens with one attached hydrogen (secondary N) is 1. The summed E-state index contributed by atoms with van der Waals surface area (Å²) in [7, 11) is 0. The van der Waals surface area contributed by atoms with Crippen LogP contribution in [0.15, 0.2) is 24.3 Å². The van der Waals surface area contributed by atoms with Crippen molar-refractivity contribution in [3.05, 3.63) is 29.8 Å². The van der Waals surface area contributed by atoms with Crippen LogP contribution in [0.5, 0.6) is 5.75 Å². The summed E-state index contributed by atoms with van der Waals surface area (Å²) in [4.78, 5) is 23.3. The Morgan fingerprint density at radius 3 is 2.38 bits per heavy atom. The summed E-state index contributed by atoms with van der Waals surface area (Å²) in [6.45, 7) is 5.65. The summed E-state index contributed by atoms with van der Waals surface area (Å²) in [6.07, 6.45) is 5.27. The van der Waals surface area contributed by atoms with Gasteiger partial charge in [0.25, 0.3) is 5.91 Å². The van der Waals surface area contributed by atoms with Crippen molar-refractivity contribution >= 4 is 11.7 Å². The van der Waals surface area contributed by atoms with Gasteiger partial charge in [0, 0.05) is 12.5 Å². The van der Waals surface area contributed by atoms with E-state index in [0.717, 1.165) is 30.7 Å². The first kappa shape index (κ1) is 18.5. The Balaban J connectivity index is 1.79. The molecular weight excluding hydrogens is 302 g/mol. The molecule has 0 aliphatic heterocycles. The van der Waals surface area contributed by atoms with E-state index in [4.69, 9.17) is 4.74 Å². The number of Topliss-reactive ketones (excluding diaryl/α,β-unsaturated/α-hetero) is 1. The summed E-state index contributed by atoms with van der Waals surface area (Å²) < 4.78 is 5.74. The number of hydrogen-bond acceptors (Lipinski definition) is 3. The number of amides is 1. The van der Waals surface area contributed by atoms with Crippen LogP contribution in [0.25, 0.3) is 0 Å². The van der Waals surface area contributed by atoms with Crippen molar-refractivity contribution < 1.29 is 14.3 Å². The summed E-state index contributed by atoms with van der Waals surface area (Å²) in [5.74, 6) is 1.60. The van der Waals surface area contributed by atoms with Gasteiger partial charge in [-0.1, -0.05) is 19.1 Å². The van der Waals surface area contributed by atoms with Crippen molar-refractivity contribution in [1.82, 2.24) is 5.32 Å². The van der Waals surface area contributed by atoms with Crippen LogP contribution in [0.2, 0.25) is 0 Å². The Morgan fingerprint density at radius 1 is 1.17 bits per heavy atom. The molecule has 0 spiro atoms. The van der Waals surface area contributed by atoms with Crippen LogP contribution in [-0.4, -0.2) is 23.8 Å². The van der Waals surface area contributed by atoms with Crippen molar-refractivity contribution in [3.8, 4) is 5.75 Å². The molecule has 1 aromatic rings. The molecule has 0 aromatic heterocycles. The average Bonchev–Trinajstić information content (AvgIpc) is 2.56. The van der Waals surface area contributed by atoms with Gasteiger partial charge in [-0.3, -0.25) is 4.79 Å². The third-order valence-electron chi connectivity index (χ3n) is 4.73. The molecule has 1 amide bonds. The van der Waals surface area contributed by atoms with E-state index >= 15 is 0 Å². The summed E-state index contributed by atoms with van der Waals surface area (Å²) in [6, 6.07) is 7.91. The number of carbonyl (C=O) groups is 2. The molecule has 0 saturated heterocycles. The van der Waals surface area contributed by atoms with Gasteiger partial charge in [0.15, 0.2) is 6.10 Å². The summed E-state index contributed by atoms with van der Waals surface area (Å²) in [5, 5.41) is 3.10. The Labute approximate surface area is 145 Å². The third-order valence-corrected chi connectivity index (χ3v) is 4.73. The molecule has 1 unspecified atom stereocenters. The zero-order valence-corrected chi connectivity index (χ0v) is 15.0. The molecule has 132 valence electrons. The quantitative estimate of drug-likeness (QED) is 0.829. The Bertz CT molecular complexity index is 545. The molecule has 1 aliphatic carbocycles. The van der Waals surface area contributed by atoms with Crippen molar-refractivity contribution in [3.63, 3.8) is 0 Å². The number of ether oxygens (including phenoxy) is 1. The molecule has 4 nitrogen and oxygen atoms in total. The molecule has 1 aliphatic rings. The first-order chi connectivity index (χ1) is 11.4. The van der Waals surface area contributed by atoms with Crippen molar-refractivity contribution in [2.75, 3.05) is 0 Å². The molecule has 1 saturated carbocycles. The predicted octanol–water partition coefficient (Wildman–Crippen LogP) is 3.67. The number of rotatable bonds is 7. The lowest BCUT2D eigenvalue weighted by Crippen LogP contribution is -2.43. The standard InChI is InChI=1S/C20H29NO3/c1-14-4-10-18(11-5-14)21-20(23)16(3)24-19-12-8-17(9-13-19)7-6-15(2)22/h8-9,12-14,16,18H,4-7,10-11H2,1-3H3,(H,21,23). The number of ketones is 1. The minimum absolute atomic E-state index is 0.0461. The van der Waals surface area contributed by atoms with Gasteiger partial charge in [0.1, 0.15) is 11.5 Å². The topological polar surface area (TPSA) is 55.4 Å². The number of benzene rings is 1. The third kappa shape index (κ3) is 5.99. The fourth-order valence-corrected chi connectivity index (χ4v) is 3.04. The van der Waals surface area contributed by atoms with Crippen LogP contribution in [0, 0.1) is 5.92 Å². The van der Waals surface area contributed by atoms with E-state index in [9.17, 15) is 9.59 Å². The molecule has 0 heterocycles. The molecule has 24 heavy (non-hydrogen) atoms. The normalized spacial score (nSPS) is 21.8. The van der Waals surface area contributed by atoms with Crippen molar-refractivity contribution in [2.45, 2.75) is 71.4 Å². The van der Waals surface area contributed by atoms with Gasteiger partial charge in [-0.2, -0.15) is 0 Å². The van der Waals surface area contributed by atoms with E-state index in [1.165, 1.54) is 12.8 Å². The van der Waals surface area contributed by atoms with Gasteiger partial charge in [0.05, 0.1) is 0 Å². The zero-order valence-electron chi connectivity index (χ0n) is 15.0. The molecule has 4 heteroatoms. The van der Waals surface area contributed by atoms with Crippen LogP contribution in [0.3, 0.4) is 0 Å². The average molecular weight is 331 g/mol. The lowest BCUT2D eigenvalue weighted by Gasteiger charge is -2.28. The van der Waals surface area contributed by atoms with Crippen LogP contribution >= 0.6 is 0 Å². The maximum Gasteiger partial charge on any atom is 0.260 e. The lowest BCUT2D eigenvalue weighted by molar-refractivity contribution is -0.128. The highest BCUT2D eigenvalue weighted by Crippen LogP contribution is 2.23. The summed E-state index contributed by atoms with van der Waals surface area (Å²) >= 11 is 0. The largest absolute Gasteiger partial charge is 0.481 e. The van der Waals surface area contributed by atoms with Crippen molar-refractivity contribution in [2.24, 2.45) is 5.92 Å². The first-order valence-corrected chi connectivity index (χ1v) is 8.99. The first-order valence-electron chi connectivity index (χ1n) is 8.99. The fourth-order valence-electron chi connectivity index (χ4n) is 3.04. The smallest absolute Gasteiger partial charge is 0.260 e. The zero-order chi connectivity index (χ0) is 17.5. The van der Waals surface area contributed by atoms with Gasteiger partial charge in [-0.25, -0.2) is 0 Å². The minimum Gasteiger partial charge on any atom is -0.481 e. The molecule has 1 aromatic carbocycles. The van der Waals surface area contributed by atoms with E-state index in [0.29, 0.717) is 12.2 Å². The lowest BCUT2D eigenvalue weighted by atomic mass is 9.87. The van der Waals surface area contributed by atoms with Gasteiger partial charge in [-0.15, -0.1) is 0 Å². The highest BCUT2D eigenvalue weighted by molar-refractivity contribution is 5.81. The number of aryl methyl sites for hydroxylation is 1. The number of carbonyl (C=O) groups excluding carboxylic acids is 2. The van der Waals surface area contributed by atoms with Crippen LogP contribution in [0.4, 0.5) is 0 Å². The SMILES string of the molecule is CC(=O)CCc1ccc(OC(C)C(=O)NC2CCC(C)CC2)cc1. The molecule has 2 rings (SSSR count). The molecule has 1 N–H and O–H groups in total. The van der Waals surface area contributed by atoms with E-state index in [-0.39, 0.29) is 17.7 Å². The van der Waals surface area contributed by atoms with Gasteiger partial charge >= 0.3 is 0 Å². The van der Waals surface area contributed by atoms with E-state index in [1.807, 2.05) is 24.3 Å². The summed E-state index contributed by atoms with van der Waals surface area (Å²) in [5.41, 5.74) is 1.10. The second kappa shape index (κ2) is 8.86. The molecule has 1 atom stereocenters. The maximum atomic E-state index is 12.3. The van der Waals surface area contributed by atoms with E-state index < -0.39 is 6.10 Å². The van der Waals surface area contributed by atoms with Gasteiger partial charge < -0.3 is 14.8 Å². The Morgan fingerprint density at radius 2 is 1.79 bits per heavy atom. The molecular formula is C20H29NO3. The van der Waals surface area contributed by atoms with Gasteiger partial charge in [-0.05, 0) is 69.6 Å². The van der Waals surface area contributed by atoms with Crippen LogP contribution < -0.4 is 10.1 Å². The Hall–Kier alpha value is -1.84. The molecule has 1 fully saturated rings. The maximum absolute atomic E-state index is 12.3. The van der Waals surface area contributed by atoms with Gasteiger partial charge in [0.2, 0.25) is 0 Å². The Kier molecular flexibility index (Phi) is 6.83. The number of hydrogen-bond donors (Lipinski definition) is 1. The predicted molar refractivity (Wildman–Crippen MR) is 95.1 cm³/mol. The highest BCUT2D eigenvalue weighted by Gasteiger charge is 2.22. The van der Waals surface area contributed by atoms with Crippen LogP contribution in [-0.2, 0) is 16.0 Å². The highest BCUT2D eigenvalue weighted by atomic mass is 16.5. The molecule has 0 radical (unpaired) electrons. The monoisotopic (exact) mass is 331 g/mol. The van der Waals surface area contributed by atoms with Crippen molar-refractivity contribution in [1.29, 1.82) is 0 Å². The van der Waals surface area contributed by atoms with E-state index in [1.54, 1.807) is 13.8 Å². The second-order valence-corrected chi connectivity index (χ2v) is 7.07. The molecule has 0 bridgehead atoms.